The molecule has 0 aromatic heterocycles. The van der Waals surface area contributed by atoms with E-state index in [0.717, 1.165) is 128 Å². The Bertz CT molecular complexity index is 1330. The topological polar surface area (TPSA) is 78.9 Å². The fourth-order valence-corrected chi connectivity index (χ4v) is 7.27. The van der Waals surface area contributed by atoms with Crippen LogP contribution in [0.3, 0.4) is 0 Å². The molecule has 6 nitrogen and oxygen atoms in total. The highest BCUT2D eigenvalue weighted by atomic mass is 16.6. The summed E-state index contributed by atoms with van der Waals surface area (Å²) in [7, 11) is 0. The molecule has 0 aromatic rings. The van der Waals surface area contributed by atoms with Crippen molar-refractivity contribution in [3.8, 4) is 0 Å². The van der Waals surface area contributed by atoms with E-state index in [1.807, 2.05) is 0 Å². The van der Waals surface area contributed by atoms with Gasteiger partial charge in [0.1, 0.15) is 13.2 Å². The lowest BCUT2D eigenvalue weighted by molar-refractivity contribution is -0.167. The fraction of sp³-hybridized carbons (Fsp3) is 0.683. The van der Waals surface area contributed by atoms with Crippen LogP contribution in [-0.2, 0) is 28.6 Å². The van der Waals surface area contributed by atoms with Crippen molar-refractivity contribution in [2.24, 2.45) is 0 Å². The SMILES string of the molecule is CC/C=C\C/C=C\C/C=C\C/C=C\CCCCCC(=O)OC(COC(=O)CCCCCC/C=C\C/C=C\C/C=C\CC)COC(=O)CCCCCCC/C=C\CCCCCCCCCCC. The van der Waals surface area contributed by atoms with Crippen molar-refractivity contribution in [2.45, 2.75) is 252 Å². The van der Waals surface area contributed by atoms with Crippen LogP contribution in [-0.4, -0.2) is 37.2 Å². The summed E-state index contributed by atoms with van der Waals surface area (Å²) in [6.45, 7) is 6.36. The van der Waals surface area contributed by atoms with E-state index in [4.69, 9.17) is 14.2 Å². The molecule has 0 saturated heterocycles. The van der Waals surface area contributed by atoms with Crippen molar-refractivity contribution in [1.82, 2.24) is 0 Å². The second-order valence-corrected chi connectivity index (χ2v) is 17.7. The highest BCUT2D eigenvalue weighted by Gasteiger charge is 2.19. The van der Waals surface area contributed by atoms with Crippen molar-refractivity contribution in [3.63, 3.8) is 0 Å². The van der Waals surface area contributed by atoms with Gasteiger partial charge in [0.15, 0.2) is 6.10 Å². The summed E-state index contributed by atoms with van der Waals surface area (Å²) in [6.07, 6.45) is 71.1. The molecule has 0 amide bonds. The third-order valence-electron chi connectivity index (χ3n) is 11.3. The van der Waals surface area contributed by atoms with E-state index in [-0.39, 0.29) is 37.5 Å². The second kappa shape index (κ2) is 53.9. The Hall–Kier alpha value is -3.67. The van der Waals surface area contributed by atoms with Gasteiger partial charge in [-0.3, -0.25) is 14.4 Å². The molecule has 0 saturated carbocycles. The molecule has 66 heavy (non-hydrogen) atoms. The number of allylic oxidation sites excluding steroid dienone is 16. The van der Waals surface area contributed by atoms with Crippen molar-refractivity contribution in [3.05, 3.63) is 97.2 Å². The van der Waals surface area contributed by atoms with Gasteiger partial charge in [-0.05, 0) is 116 Å². The van der Waals surface area contributed by atoms with Crippen LogP contribution in [0.25, 0.3) is 0 Å². The van der Waals surface area contributed by atoms with Gasteiger partial charge in [0.25, 0.3) is 0 Å². The van der Waals surface area contributed by atoms with Crippen LogP contribution in [0, 0.1) is 0 Å². The zero-order chi connectivity index (χ0) is 47.9. The Morgan fingerprint density at radius 3 is 0.955 bits per heavy atom. The molecule has 6 heteroatoms. The Labute approximate surface area is 407 Å². The first-order chi connectivity index (χ1) is 32.5. The highest BCUT2D eigenvalue weighted by Crippen LogP contribution is 2.14. The van der Waals surface area contributed by atoms with Gasteiger partial charge in [-0.2, -0.15) is 0 Å². The normalized spacial score (nSPS) is 12.8. The van der Waals surface area contributed by atoms with Crippen molar-refractivity contribution >= 4 is 17.9 Å². The number of hydrogen-bond acceptors (Lipinski definition) is 6. The Morgan fingerprint density at radius 1 is 0.318 bits per heavy atom. The molecule has 1 unspecified atom stereocenters. The van der Waals surface area contributed by atoms with E-state index in [0.29, 0.717) is 12.8 Å². The molecule has 0 aliphatic carbocycles. The van der Waals surface area contributed by atoms with Gasteiger partial charge in [0.2, 0.25) is 0 Å². The van der Waals surface area contributed by atoms with Crippen LogP contribution in [0.4, 0.5) is 0 Å². The molecule has 0 N–H and O–H groups in total. The summed E-state index contributed by atoms with van der Waals surface area (Å²) in [5.41, 5.74) is 0. The van der Waals surface area contributed by atoms with Crippen LogP contribution >= 0.6 is 0 Å². The van der Waals surface area contributed by atoms with Crippen LogP contribution in [0.2, 0.25) is 0 Å². The molecule has 1 atom stereocenters. The smallest absolute Gasteiger partial charge is 0.306 e. The first-order valence-electron chi connectivity index (χ1n) is 27.2. The third-order valence-corrected chi connectivity index (χ3v) is 11.3. The Morgan fingerprint density at radius 2 is 0.591 bits per heavy atom. The lowest BCUT2D eigenvalue weighted by Gasteiger charge is -2.18. The number of unbranched alkanes of at least 4 members (excludes halogenated alkanes) is 21. The number of ether oxygens (including phenoxy) is 3. The molecule has 0 aliphatic rings. The molecule has 376 valence electrons. The molecular formula is C60H100O6. The lowest BCUT2D eigenvalue weighted by atomic mass is 10.1. The van der Waals surface area contributed by atoms with Crippen molar-refractivity contribution < 1.29 is 28.6 Å². The minimum absolute atomic E-state index is 0.103. The molecule has 0 fully saturated rings. The summed E-state index contributed by atoms with van der Waals surface area (Å²) in [5.74, 6) is -0.965. The van der Waals surface area contributed by atoms with E-state index in [9.17, 15) is 14.4 Å². The Balaban J connectivity index is 4.47. The van der Waals surface area contributed by atoms with E-state index in [1.165, 1.54) is 77.0 Å². The van der Waals surface area contributed by atoms with Crippen LogP contribution in [0.15, 0.2) is 97.2 Å². The molecular weight excluding hydrogens is 817 g/mol. The zero-order valence-corrected chi connectivity index (χ0v) is 42.9. The minimum Gasteiger partial charge on any atom is -0.462 e. The first-order valence-corrected chi connectivity index (χ1v) is 27.2. The van der Waals surface area contributed by atoms with Gasteiger partial charge in [-0.25, -0.2) is 0 Å². The molecule has 0 rings (SSSR count). The number of esters is 3. The minimum atomic E-state index is -0.808. The summed E-state index contributed by atoms with van der Waals surface area (Å²) in [5, 5.41) is 0. The molecule has 0 spiro atoms. The Kier molecular flexibility index (Phi) is 50.9. The highest BCUT2D eigenvalue weighted by molar-refractivity contribution is 5.71. The maximum Gasteiger partial charge on any atom is 0.306 e. The molecule has 0 bridgehead atoms. The van der Waals surface area contributed by atoms with Crippen LogP contribution < -0.4 is 0 Å². The van der Waals surface area contributed by atoms with E-state index >= 15 is 0 Å². The van der Waals surface area contributed by atoms with Gasteiger partial charge in [-0.1, -0.05) is 208 Å². The third kappa shape index (κ3) is 51.3. The van der Waals surface area contributed by atoms with E-state index in [2.05, 4.69) is 118 Å². The van der Waals surface area contributed by atoms with Crippen molar-refractivity contribution in [1.29, 1.82) is 0 Å². The predicted octanol–water partition coefficient (Wildman–Crippen LogP) is 18.1. The maximum absolute atomic E-state index is 12.8. The molecule has 0 aromatic carbocycles. The summed E-state index contributed by atoms with van der Waals surface area (Å²) >= 11 is 0. The summed E-state index contributed by atoms with van der Waals surface area (Å²) < 4.78 is 16.8. The number of carbonyl (C=O) groups is 3. The maximum atomic E-state index is 12.8. The van der Waals surface area contributed by atoms with Gasteiger partial charge < -0.3 is 14.2 Å². The molecule has 0 radical (unpaired) electrons. The predicted molar refractivity (Wildman–Crippen MR) is 284 cm³/mol. The summed E-state index contributed by atoms with van der Waals surface area (Å²) in [4.78, 5) is 38.1. The van der Waals surface area contributed by atoms with Gasteiger partial charge in [0.05, 0.1) is 0 Å². The fourth-order valence-electron chi connectivity index (χ4n) is 7.27. The van der Waals surface area contributed by atoms with E-state index in [1.54, 1.807) is 0 Å². The lowest BCUT2D eigenvalue weighted by Crippen LogP contribution is -2.30. The average molecular weight is 917 g/mol. The number of carbonyl (C=O) groups excluding carboxylic acids is 3. The second-order valence-electron chi connectivity index (χ2n) is 17.7. The van der Waals surface area contributed by atoms with Gasteiger partial charge >= 0.3 is 17.9 Å². The zero-order valence-electron chi connectivity index (χ0n) is 42.9. The summed E-state index contributed by atoms with van der Waals surface area (Å²) in [6, 6.07) is 0. The number of hydrogen-bond donors (Lipinski definition) is 0. The molecule has 0 heterocycles. The van der Waals surface area contributed by atoms with E-state index < -0.39 is 6.10 Å². The van der Waals surface area contributed by atoms with Gasteiger partial charge in [-0.15, -0.1) is 0 Å². The monoisotopic (exact) mass is 917 g/mol. The average Bonchev–Trinajstić information content (AvgIpc) is 3.31. The quantitative estimate of drug-likeness (QED) is 0.0262. The van der Waals surface area contributed by atoms with Gasteiger partial charge in [0, 0.05) is 19.3 Å². The van der Waals surface area contributed by atoms with Crippen molar-refractivity contribution in [2.75, 3.05) is 13.2 Å². The largest absolute Gasteiger partial charge is 0.462 e. The van der Waals surface area contributed by atoms with Crippen LogP contribution in [0.1, 0.15) is 245 Å². The standard InChI is InChI=1S/C60H100O6/c1-4-7-10-13-16-19-22-25-28-30-31-33-35-38-41-44-47-50-53-59(62)65-56-57(55-64-58(61)52-49-46-43-40-37-34-27-24-21-18-15-12-9-6-3)66-60(63)54-51-48-45-42-39-36-32-29-26-23-20-17-14-11-8-5-2/h8-9,11-12,17-18,20-21,26-27,29,31,33-34,36,39,57H,4-7,10,13-16,19,22-25,28,30,32,35,37-38,40-56H2,1-3H3/b11-8-,12-9-,20-17-,21-18-,29-26-,33-31-,34-27-,39-36-. The number of rotatable bonds is 48. The van der Waals surface area contributed by atoms with Crippen LogP contribution in [0.5, 0.6) is 0 Å². The first kappa shape index (κ1) is 62.3. The molecule has 0 aliphatic heterocycles.